The van der Waals surface area contributed by atoms with Gasteiger partial charge < -0.3 is 25.1 Å². The van der Waals surface area contributed by atoms with Crippen molar-refractivity contribution in [3.63, 3.8) is 0 Å². The second-order valence-corrected chi connectivity index (χ2v) is 6.45. The molecule has 14 heteroatoms. The molecule has 0 aromatic rings. The molecule has 0 fully saturated rings. The van der Waals surface area contributed by atoms with Crippen LogP contribution >= 0.6 is 0 Å². The fraction of sp³-hybridized carbons (Fsp3) is 0.824. The van der Waals surface area contributed by atoms with Crippen LogP contribution in [-0.4, -0.2) is 75.3 Å². The summed E-state index contributed by atoms with van der Waals surface area (Å²) in [6, 6.07) is -1.57. The monoisotopic (exact) mass is 472 g/mol. The van der Waals surface area contributed by atoms with Crippen LogP contribution in [0.2, 0.25) is 0 Å². The number of aliphatic hydroxyl groups excluding tert-OH is 1. The number of esters is 2. The third-order valence-electron chi connectivity index (χ3n) is 3.15. The smallest absolute Gasteiger partial charge is 0.439 e. The van der Waals surface area contributed by atoms with Crippen LogP contribution in [0.15, 0.2) is 4.99 Å². The first-order valence-corrected chi connectivity index (χ1v) is 8.65. The Balaban J connectivity index is -0.000000401. The van der Waals surface area contributed by atoms with Crippen molar-refractivity contribution in [3.8, 4) is 0 Å². The Kier molecular flexibility index (Phi) is 17.2. The van der Waals surface area contributed by atoms with E-state index in [1.807, 2.05) is 13.8 Å². The molecule has 3 atom stereocenters. The zero-order chi connectivity index (χ0) is 25.6. The highest BCUT2D eigenvalue weighted by Gasteiger charge is 2.38. The van der Waals surface area contributed by atoms with Crippen LogP contribution < -0.4 is 5.73 Å². The molecule has 0 spiro atoms. The lowest BCUT2D eigenvalue weighted by Crippen LogP contribution is -2.36. The Labute approximate surface area is 176 Å². The normalized spacial score (nSPS) is 14.7. The number of aliphatic imine (C=N–C) groups is 1. The molecule has 0 heterocycles. The van der Waals surface area contributed by atoms with Crippen LogP contribution in [-0.2, 0) is 23.8 Å². The summed E-state index contributed by atoms with van der Waals surface area (Å²) in [5.74, 6) is -1.29. The molecule has 0 aliphatic rings. The van der Waals surface area contributed by atoms with Crippen LogP contribution in [0.3, 0.4) is 0 Å². The van der Waals surface area contributed by atoms with E-state index in [2.05, 4.69) is 19.2 Å². The maximum absolute atomic E-state index is 11.7. The van der Waals surface area contributed by atoms with E-state index in [4.69, 9.17) is 10.8 Å². The number of ether oxygens (including phenoxy) is 3. The number of hydrogen-bond donors (Lipinski definition) is 2. The van der Waals surface area contributed by atoms with Gasteiger partial charge in [0.05, 0.1) is 14.2 Å². The number of methoxy groups -OCH3 is 3. The molecule has 0 aliphatic heterocycles. The van der Waals surface area contributed by atoms with Crippen molar-refractivity contribution in [2.24, 2.45) is 22.6 Å². The molecule has 0 aliphatic carbocycles. The number of alkyl halides is 6. The number of hydrogen-bond acceptors (Lipinski definition) is 8. The Morgan fingerprint density at radius 1 is 0.903 bits per heavy atom. The Hall–Kier alpha value is -1.93. The van der Waals surface area contributed by atoms with E-state index in [0.717, 1.165) is 14.2 Å². The summed E-state index contributed by atoms with van der Waals surface area (Å²) in [7, 11) is 3.23. The van der Waals surface area contributed by atoms with Crippen molar-refractivity contribution in [3.05, 3.63) is 0 Å². The van der Waals surface area contributed by atoms with Crippen LogP contribution in [0.5, 0.6) is 0 Å². The number of carbonyl (C=O) groups is 2. The number of nitrogens with zero attached hydrogens (tertiary/aromatic N) is 1. The number of aliphatic hydroxyl groups is 1. The lowest BCUT2D eigenvalue weighted by Gasteiger charge is -2.13. The molecule has 0 rings (SSSR count). The minimum atomic E-state index is -4.66. The Morgan fingerprint density at radius 2 is 1.32 bits per heavy atom. The van der Waals surface area contributed by atoms with Gasteiger partial charge in [-0.1, -0.05) is 27.7 Å². The van der Waals surface area contributed by atoms with E-state index in [0.29, 0.717) is 0 Å². The topological polar surface area (TPSA) is 120 Å². The highest BCUT2D eigenvalue weighted by molar-refractivity contribution is 5.79. The number of halogens is 6. The molecule has 186 valence electrons. The predicted octanol–water partition coefficient (Wildman–Crippen LogP) is 2.47. The van der Waals surface area contributed by atoms with Crippen molar-refractivity contribution in [2.45, 2.75) is 58.4 Å². The van der Waals surface area contributed by atoms with E-state index in [1.54, 1.807) is 13.8 Å². The average molecular weight is 472 g/mol. The van der Waals surface area contributed by atoms with Gasteiger partial charge in [0.2, 0.25) is 0 Å². The number of rotatable bonds is 6. The summed E-state index contributed by atoms with van der Waals surface area (Å²) < 4.78 is 80.7. The fourth-order valence-corrected chi connectivity index (χ4v) is 1.33. The summed E-state index contributed by atoms with van der Waals surface area (Å²) in [6.45, 7) is 6.94. The Morgan fingerprint density at radius 3 is 1.48 bits per heavy atom. The van der Waals surface area contributed by atoms with E-state index in [9.17, 15) is 35.9 Å². The predicted molar refractivity (Wildman–Crippen MR) is 99.1 cm³/mol. The van der Waals surface area contributed by atoms with Crippen molar-refractivity contribution in [1.29, 1.82) is 0 Å². The summed E-state index contributed by atoms with van der Waals surface area (Å²) in [5, 5.41) is 7.85. The average Bonchev–Trinajstić information content (AvgIpc) is 2.64. The highest BCUT2D eigenvalue weighted by atomic mass is 19.4. The summed E-state index contributed by atoms with van der Waals surface area (Å²) in [5.41, 5.74) is 5.40. The third-order valence-corrected chi connectivity index (χ3v) is 3.15. The van der Waals surface area contributed by atoms with Crippen LogP contribution in [0.25, 0.3) is 0 Å². The first-order chi connectivity index (χ1) is 13.8. The lowest BCUT2D eigenvalue weighted by atomic mass is 10.1. The molecule has 0 aromatic carbocycles. The van der Waals surface area contributed by atoms with Crippen LogP contribution in [0, 0.1) is 11.8 Å². The molecule has 3 N–H and O–H groups in total. The first-order valence-electron chi connectivity index (χ1n) is 8.65. The van der Waals surface area contributed by atoms with E-state index in [-0.39, 0.29) is 24.0 Å². The largest absolute Gasteiger partial charge is 0.468 e. The van der Waals surface area contributed by atoms with Gasteiger partial charge in [-0.2, -0.15) is 26.3 Å². The first kappa shape index (κ1) is 33.7. The molecule has 31 heavy (non-hydrogen) atoms. The van der Waals surface area contributed by atoms with Crippen molar-refractivity contribution < 1.29 is 55.2 Å². The minimum absolute atomic E-state index is 0.150. The highest BCUT2D eigenvalue weighted by Crippen LogP contribution is 2.19. The molecule has 0 amide bonds. The van der Waals surface area contributed by atoms with E-state index >= 15 is 0 Å². The minimum Gasteiger partial charge on any atom is -0.468 e. The number of carbonyl (C=O) groups excluding carboxylic acids is 2. The van der Waals surface area contributed by atoms with Gasteiger partial charge in [0.25, 0.3) is 6.29 Å². The van der Waals surface area contributed by atoms with Crippen LogP contribution in [0.4, 0.5) is 26.3 Å². The zero-order valence-electron chi connectivity index (χ0n) is 18.2. The molecule has 0 radical (unpaired) electrons. The van der Waals surface area contributed by atoms with Gasteiger partial charge in [0.15, 0.2) is 0 Å². The molecule has 0 saturated carbocycles. The molecular weight excluding hydrogens is 442 g/mol. The van der Waals surface area contributed by atoms with Gasteiger partial charge in [-0.3, -0.25) is 9.79 Å². The maximum Gasteiger partial charge on any atom is 0.439 e. The summed E-state index contributed by atoms with van der Waals surface area (Å²) in [4.78, 5) is 24.7. The van der Waals surface area contributed by atoms with Crippen molar-refractivity contribution in [1.82, 2.24) is 0 Å². The molecule has 1 unspecified atom stereocenters. The third kappa shape index (κ3) is 18.5. The molecule has 0 saturated heterocycles. The molecule has 0 bridgehead atoms. The SMILES string of the molecule is COC(=O)[C@H](N)C(C)C.COC(=O)[C@H](N=CC(F)(F)F)C(C)C.COC(O)C(F)(F)F. The maximum atomic E-state index is 11.7. The molecule has 0 aromatic heterocycles. The Bertz CT molecular complexity index is 538. The zero-order valence-corrected chi connectivity index (χ0v) is 18.2. The van der Waals surface area contributed by atoms with E-state index < -0.39 is 36.7 Å². The molecule has 8 nitrogen and oxygen atoms in total. The van der Waals surface area contributed by atoms with Gasteiger partial charge in [-0.05, 0) is 11.8 Å². The number of nitrogens with two attached hydrogens (primary N) is 1. The van der Waals surface area contributed by atoms with Gasteiger partial charge in [-0.15, -0.1) is 0 Å². The second-order valence-electron chi connectivity index (χ2n) is 6.45. The lowest BCUT2D eigenvalue weighted by molar-refractivity contribution is -0.285. The van der Waals surface area contributed by atoms with Gasteiger partial charge in [-0.25, -0.2) is 4.79 Å². The van der Waals surface area contributed by atoms with Crippen LogP contribution in [0.1, 0.15) is 27.7 Å². The summed E-state index contributed by atoms with van der Waals surface area (Å²) in [6.07, 6.45) is -12.0. The fourth-order valence-electron chi connectivity index (χ4n) is 1.33. The standard InChI is InChI=1S/C8H12F3NO2.C6H13NO2.C3H5F3O2/c1-5(2)6(7(13)14-3)12-4-8(9,10)11;1-4(2)5(7)6(8)9-3;1-8-2(7)3(4,5)6/h4-6H,1-3H3;4-5H,7H2,1-3H3;2,7H,1H3/t6-;5-;/m11./s1. The quantitative estimate of drug-likeness (QED) is 0.264. The molecular formula is C17H30F6N2O6. The van der Waals surface area contributed by atoms with E-state index in [1.165, 1.54) is 7.11 Å². The van der Waals surface area contributed by atoms with Crippen molar-refractivity contribution in [2.75, 3.05) is 21.3 Å². The van der Waals surface area contributed by atoms with Gasteiger partial charge >= 0.3 is 24.3 Å². The van der Waals surface area contributed by atoms with Gasteiger partial charge in [0, 0.05) is 7.11 Å². The summed E-state index contributed by atoms with van der Waals surface area (Å²) >= 11 is 0. The second kappa shape index (κ2) is 15.8. The van der Waals surface area contributed by atoms with Crippen molar-refractivity contribution >= 4 is 18.2 Å². The van der Waals surface area contributed by atoms with Gasteiger partial charge in [0.1, 0.15) is 18.3 Å².